The van der Waals surface area contributed by atoms with Gasteiger partial charge >= 0.3 is 0 Å². The summed E-state index contributed by atoms with van der Waals surface area (Å²) in [6.45, 7) is 4.22. The van der Waals surface area contributed by atoms with Crippen LogP contribution in [0.25, 0.3) is 0 Å². The first-order valence-corrected chi connectivity index (χ1v) is 5.53. The van der Waals surface area contributed by atoms with Crippen molar-refractivity contribution < 1.29 is 9.90 Å². The quantitative estimate of drug-likeness (QED) is 0.481. The monoisotopic (exact) mass is 198 g/mol. The third kappa shape index (κ3) is 6.84. The van der Waals surface area contributed by atoms with Gasteiger partial charge in [-0.1, -0.05) is 25.8 Å². The van der Waals surface area contributed by atoms with Gasteiger partial charge in [-0.05, 0) is 31.8 Å². The first-order chi connectivity index (χ1) is 6.72. The molecule has 0 aromatic carbocycles. The Bertz CT molecular complexity index is 183. The van der Waals surface area contributed by atoms with E-state index in [2.05, 4.69) is 6.92 Å². The van der Waals surface area contributed by atoms with Crippen LogP contribution in [0, 0.1) is 0 Å². The Hall–Kier alpha value is -0.630. The van der Waals surface area contributed by atoms with Crippen molar-refractivity contribution in [2.24, 2.45) is 0 Å². The van der Waals surface area contributed by atoms with Gasteiger partial charge < -0.3 is 5.11 Å². The molecule has 0 heterocycles. The predicted octanol–water partition coefficient (Wildman–Crippen LogP) is 2.85. The number of allylic oxidation sites excluding steroid dienone is 2. The van der Waals surface area contributed by atoms with Gasteiger partial charge in [0.15, 0.2) is 5.78 Å². The van der Waals surface area contributed by atoms with Crippen molar-refractivity contribution in [1.82, 2.24) is 0 Å². The lowest BCUT2D eigenvalue weighted by Crippen LogP contribution is -2.00. The van der Waals surface area contributed by atoms with E-state index in [1.165, 1.54) is 6.42 Å². The number of ketones is 1. The Morgan fingerprint density at radius 2 is 2.00 bits per heavy atom. The molecule has 14 heavy (non-hydrogen) atoms. The van der Waals surface area contributed by atoms with E-state index in [0.717, 1.165) is 31.3 Å². The fourth-order valence-electron chi connectivity index (χ4n) is 1.23. The largest absolute Gasteiger partial charge is 0.396 e. The molecule has 1 N–H and O–H groups in total. The molecule has 0 aliphatic carbocycles. The minimum Gasteiger partial charge on any atom is -0.396 e. The smallest absolute Gasteiger partial charge is 0.158 e. The molecule has 0 aliphatic heterocycles. The zero-order valence-corrected chi connectivity index (χ0v) is 9.38. The lowest BCUT2D eigenvalue weighted by molar-refractivity contribution is -0.115. The van der Waals surface area contributed by atoms with Crippen LogP contribution in [0.4, 0.5) is 0 Å². The van der Waals surface area contributed by atoms with Crippen LogP contribution < -0.4 is 0 Å². The highest BCUT2D eigenvalue weighted by Crippen LogP contribution is 2.06. The Labute approximate surface area is 87.0 Å². The number of hydrogen-bond acceptors (Lipinski definition) is 2. The molecule has 0 aromatic heterocycles. The van der Waals surface area contributed by atoms with Crippen LogP contribution in [0.5, 0.6) is 0 Å². The average Bonchev–Trinajstić information content (AvgIpc) is 2.18. The maximum absolute atomic E-state index is 11.5. The average molecular weight is 198 g/mol. The van der Waals surface area contributed by atoms with Crippen LogP contribution in [-0.2, 0) is 4.79 Å². The molecular formula is C12H22O2. The number of hydrogen-bond donors (Lipinski definition) is 1. The van der Waals surface area contributed by atoms with Gasteiger partial charge in [0.1, 0.15) is 0 Å². The van der Waals surface area contributed by atoms with E-state index >= 15 is 0 Å². The van der Waals surface area contributed by atoms with E-state index in [0.29, 0.717) is 6.42 Å². The van der Waals surface area contributed by atoms with E-state index in [1.807, 2.05) is 13.0 Å². The molecule has 0 saturated carbocycles. The lowest BCUT2D eigenvalue weighted by Gasteiger charge is -2.00. The van der Waals surface area contributed by atoms with Gasteiger partial charge in [0.25, 0.3) is 0 Å². The van der Waals surface area contributed by atoms with Crippen LogP contribution in [0.1, 0.15) is 52.4 Å². The Morgan fingerprint density at radius 3 is 2.57 bits per heavy atom. The molecule has 0 spiro atoms. The third-order valence-corrected chi connectivity index (χ3v) is 2.26. The summed E-state index contributed by atoms with van der Waals surface area (Å²) in [5, 5.41) is 8.57. The van der Waals surface area contributed by atoms with Crippen molar-refractivity contribution in [2.45, 2.75) is 52.4 Å². The van der Waals surface area contributed by atoms with Gasteiger partial charge in [-0.15, -0.1) is 0 Å². The molecule has 0 bridgehead atoms. The number of carbonyl (C=O) groups excluding carboxylic acids is 1. The van der Waals surface area contributed by atoms with Crippen LogP contribution in [-0.4, -0.2) is 17.5 Å². The summed E-state index contributed by atoms with van der Waals surface area (Å²) in [6, 6.07) is 0. The van der Waals surface area contributed by atoms with E-state index in [4.69, 9.17) is 5.11 Å². The predicted molar refractivity (Wildman–Crippen MR) is 59.2 cm³/mol. The highest BCUT2D eigenvalue weighted by Gasteiger charge is 2.02. The summed E-state index contributed by atoms with van der Waals surface area (Å²) in [7, 11) is 0. The molecule has 82 valence electrons. The SMILES string of the molecule is CCCCC=C(C)C(=O)CCCCO. The fraction of sp³-hybridized carbons (Fsp3) is 0.750. The highest BCUT2D eigenvalue weighted by atomic mass is 16.2. The van der Waals surface area contributed by atoms with Crippen LogP contribution in [0.15, 0.2) is 11.6 Å². The normalized spacial score (nSPS) is 11.8. The molecule has 0 rings (SSSR count). The van der Waals surface area contributed by atoms with Crippen LogP contribution >= 0.6 is 0 Å². The second-order valence-electron chi connectivity index (χ2n) is 3.63. The minimum absolute atomic E-state index is 0.186. The van der Waals surface area contributed by atoms with Gasteiger partial charge in [0.05, 0.1) is 0 Å². The maximum atomic E-state index is 11.5. The summed E-state index contributed by atoms with van der Waals surface area (Å²) in [4.78, 5) is 11.5. The van der Waals surface area contributed by atoms with E-state index in [1.54, 1.807) is 0 Å². The second kappa shape index (κ2) is 8.95. The van der Waals surface area contributed by atoms with Crippen LogP contribution in [0.3, 0.4) is 0 Å². The van der Waals surface area contributed by atoms with E-state index in [-0.39, 0.29) is 12.4 Å². The molecule has 0 aliphatic rings. The van der Waals surface area contributed by atoms with Crippen molar-refractivity contribution in [3.8, 4) is 0 Å². The fourth-order valence-corrected chi connectivity index (χ4v) is 1.23. The molecule has 2 nitrogen and oxygen atoms in total. The van der Waals surface area contributed by atoms with Crippen molar-refractivity contribution >= 4 is 5.78 Å². The zero-order valence-electron chi connectivity index (χ0n) is 9.38. The molecule has 0 fully saturated rings. The van der Waals surface area contributed by atoms with Gasteiger partial charge in [-0.25, -0.2) is 0 Å². The molecule has 0 atom stereocenters. The van der Waals surface area contributed by atoms with E-state index in [9.17, 15) is 4.79 Å². The second-order valence-corrected chi connectivity index (χ2v) is 3.63. The Kier molecular flexibility index (Phi) is 8.54. The Morgan fingerprint density at radius 1 is 1.29 bits per heavy atom. The van der Waals surface area contributed by atoms with E-state index < -0.39 is 0 Å². The van der Waals surface area contributed by atoms with Crippen LogP contribution in [0.2, 0.25) is 0 Å². The van der Waals surface area contributed by atoms with Gasteiger partial charge in [0.2, 0.25) is 0 Å². The number of aliphatic hydroxyl groups is 1. The lowest BCUT2D eigenvalue weighted by atomic mass is 10.1. The van der Waals surface area contributed by atoms with Crippen molar-refractivity contribution in [3.05, 3.63) is 11.6 Å². The molecule has 0 unspecified atom stereocenters. The summed E-state index contributed by atoms with van der Waals surface area (Å²) in [5.74, 6) is 0.231. The van der Waals surface area contributed by atoms with Crippen molar-refractivity contribution in [3.63, 3.8) is 0 Å². The molecular weight excluding hydrogens is 176 g/mol. The summed E-state index contributed by atoms with van der Waals surface area (Å²) < 4.78 is 0. The minimum atomic E-state index is 0.186. The molecule has 0 aromatic rings. The molecule has 0 radical (unpaired) electrons. The van der Waals surface area contributed by atoms with Crippen molar-refractivity contribution in [1.29, 1.82) is 0 Å². The molecule has 2 heteroatoms. The first-order valence-electron chi connectivity index (χ1n) is 5.53. The Balaban J connectivity index is 3.68. The summed E-state index contributed by atoms with van der Waals surface area (Å²) in [6.07, 6.45) is 7.47. The van der Waals surface area contributed by atoms with Gasteiger partial charge in [0, 0.05) is 13.0 Å². The molecule has 0 amide bonds. The first kappa shape index (κ1) is 13.4. The topological polar surface area (TPSA) is 37.3 Å². The zero-order chi connectivity index (χ0) is 10.8. The number of aliphatic hydroxyl groups excluding tert-OH is 1. The van der Waals surface area contributed by atoms with Gasteiger partial charge in [-0.2, -0.15) is 0 Å². The number of rotatable bonds is 8. The highest BCUT2D eigenvalue weighted by molar-refractivity contribution is 5.94. The maximum Gasteiger partial charge on any atom is 0.158 e. The standard InChI is InChI=1S/C12H22O2/c1-3-4-5-8-11(2)12(14)9-6-7-10-13/h8,13H,3-7,9-10H2,1-2H3. The summed E-state index contributed by atoms with van der Waals surface area (Å²) >= 11 is 0. The number of carbonyl (C=O) groups is 1. The van der Waals surface area contributed by atoms with Crippen molar-refractivity contribution in [2.75, 3.05) is 6.61 Å². The number of Topliss-reactive ketones (excluding diaryl/α,β-unsaturated/α-hetero) is 1. The van der Waals surface area contributed by atoms with Gasteiger partial charge in [-0.3, -0.25) is 4.79 Å². The summed E-state index contributed by atoms with van der Waals surface area (Å²) in [5.41, 5.74) is 0.886. The molecule has 0 saturated heterocycles. The third-order valence-electron chi connectivity index (χ3n) is 2.26. The number of unbranched alkanes of at least 4 members (excludes halogenated alkanes) is 3.